The largest absolute Gasteiger partial charge is 0.494 e. The van der Waals surface area contributed by atoms with Crippen LogP contribution in [0.1, 0.15) is 17.5 Å². The van der Waals surface area contributed by atoms with Crippen molar-refractivity contribution < 1.29 is 22.7 Å². The topological polar surface area (TPSA) is 50.4 Å². The lowest BCUT2D eigenvalue weighted by atomic mass is 10.2. The molecule has 4 nitrogen and oxygen atoms in total. The Bertz CT molecular complexity index is 683. The molecule has 0 spiro atoms. The van der Waals surface area contributed by atoms with Crippen molar-refractivity contribution in [1.29, 1.82) is 0 Å². The Labute approximate surface area is 144 Å². The second-order valence-corrected chi connectivity index (χ2v) is 5.47. The number of halogens is 3. The van der Waals surface area contributed by atoms with Crippen LogP contribution in [0.25, 0.3) is 0 Å². The highest BCUT2D eigenvalue weighted by atomic mass is 19.4. The lowest BCUT2D eigenvalue weighted by Crippen LogP contribution is -2.30. The van der Waals surface area contributed by atoms with E-state index in [0.29, 0.717) is 25.3 Å². The molecule has 0 aliphatic carbocycles. The van der Waals surface area contributed by atoms with E-state index in [1.165, 1.54) is 12.1 Å². The minimum Gasteiger partial charge on any atom is -0.494 e. The molecule has 25 heavy (non-hydrogen) atoms. The summed E-state index contributed by atoms with van der Waals surface area (Å²) in [6, 6.07) is 11.4. The Balaban J connectivity index is 1.66. The highest BCUT2D eigenvalue weighted by Crippen LogP contribution is 2.29. The van der Waals surface area contributed by atoms with Gasteiger partial charge in [-0.1, -0.05) is 17.7 Å². The van der Waals surface area contributed by atoms with Gasteiger partial charge in [0.15, 0.2) is 0 Å². The van der Waals surface area contributed by atoms with Gasteiger partial charge in [-0.15, -0.1) is 0 Å². The molecule has 0 saturated heterocycles. The van der Waals surface area contributed by atoms with Crippen molar-refractivity contribution in [2.24, 2.45) is 0 Å². The summed E-state index contributed by atoms with van der Waals surface area (Å²) in [5.41, 5.74) is 0.682. The predicted octanol–water partition coefficient (Wildman–Crippen LogP) is 4.60. The van der Waals surface area contributed by atoms with Gasteiger partial charge in [-0.2, -0.15) is 13.2 Å². The van der Waals surface area contributed by atoms with Crippen LogP contribution in [-0.2, 0) is 6.18 Å². The quantitative estimate of drug-likeness (QED) is 0.746. The van der Waals surface area contributed by atoms with Crippen molar-refractivity contribution in [2.75, 3.05) is 18.5 Å². The number of ether oxygens (including phenoxy) is 1. The molecule has 134 valence electrons. The van der Waals surface area contributed by atoms with E-state index in [0.717, 1.165) is 23.4 Å². The van der Waals surface area contributed by atoms with E-state index >= 15 is 0 Å². The highest BCUT2D eigenvalue weighted by Gasteiger charge is 2.29. The van der Waals surface area contributed by atoms with Gasteiger partial charge in [-0.05, 0) is 49.7 Å². The molecule has 0 bridgehead atoms. The standard InChI is InChI=1S/C18H19F3N2O2/c1-13-3-9-16(10-4-13)25-12-2-11-22-17(24)23-15-7-5-14(6-8-15)18(19,20)21/h3-10H,2,11-12H2,1H3,(H2,22,23,24). The number of carbonyl (C=O) groups is 1. The number of hydrogen-bond acceptors (Lipinski definition) is 2. The molecule has 0 radical (unpaired) electrons. The van der Waals surface area contributed by atoms with Gasteiger partial charge in [0.25, 0.3) is 0 Å². The molecule has 2 amide bonds. The van der Waals surface area contributed by atoms with Crippen molar-refractivity contribution in [3.63, 3.8) is 0 Å². The van der Waals surface area contributed by atoms with Gasteiger partial charge in [0.2, 0.25) is 0 Å². The molecule has 0 saturated carbocycles. The Kier molecular flexibility index (Phi) is 6.27. The number of hydrogen-bond donors (Lipinski definition) is 2. The first kappa shape index (κ1) is 18.6. The van der Waals surface area contributed by atoms with Gasteiger partial charge in [-0.25, -0.2) is 4.79 Å². The van der Waals surface area contributed by atoms with E-state index in [9.17, 15) is 18.0 Å². The third kappa shape index (κ3) is 6.37. The average molecular weight is 352 g/mol. The van der Waals surface area contributed by atoms with Gasteiger partial charge in [0.05, 0.1) is 12.2 Å². The third-order valence-electron chi connectivity index (χ3n) is 3.37. The maximum Gasteiger partial charge on any atom is 0.416 e. The fraction of sp³-hybridized carbons (Fsp3) is 0.278. The fourth-order valence-electron chi connectivity index (χ4n) is 2.02. The van der Waals surface area contributed by atoms with Crippen LogP contribution in [0.15, 0.2) is 48.5 Å². The molecular weight excluding hydrogens is 333 g/mol. The Morgan fingerprint density at radius 2 is 1.68 bits per heavy atom. The Morgan fingerprint density at radius 1 is 1.04 bits per heavy atom. The molecule has 0 fully saturated rings. The Morgan fingerprint density at radius 3 is 2.28 bits per heavy atom. The van der Waals surface area contributed by atoms with Crippen molar-refractivity contribution in [3.05, 3.63) is 59.7 Å². The number of nitrogens with one attached hydrogen (secondary N) is 2. The molecule has 2 rings (SSSR count). The van der Waals surface area contributed by atoms with E-state index in [-0.39, 0.29) is 0 Å². The SMILES string of the molecule is Cc1ccc(OCCCNC(=O)Nc2ccc(C(F)(F)F)cc2)cc1. The minimum absolute atomic E-state index is 0.293. The molecule has 2 aromatic rings. The number of rotatable bonds is 6. The van der Waals surface area contributed by atoms with Crippen molar-refractivity contribution >= 4 is 11.7 Å². The van der Waals surface area contributed by atoms with E-state index in [1.807, 2.05) is 31.2 Å². The van der Waals surface area contributed by atoms with Gasteiger partial charge >= 0.3 is 12.2 Å². The zero-order valence-electron chi connectivity index (χ0n) is 13.7. The summed E-state index contributed by atoms with van der Waals surface area (Å²) in [7, 11) is 0. The van der Waals surface area contributed by atoms with Crippen molar-refractivity contribution in [3.8, 4) is 5.75 Å². The number of urea groups is 1. The smallest absolute Gasteiger partial charge is 0.416 e. The number of carbonyl (C=O) groups excluding carboxylic acids is 1. The predicted molar refractivity (Wildman–Crippen MR) is 89.8 cm³/mol. The number of alkyl halides is 3. The molecule has 0 aliphatic heterocycles. The van der Waals surface area contributed by atoms with Crippen LogP contribution in [0.3, 0.4) is 0 Å². The molecule has 0 aliphatic rings. The molecule has 0 atom stereocenters. The maximum atomic E-state index is 12.5. The number of anilines is 1. The fourth-order valence-corrected chi connectivity index (χ4v) is 2.02. The monoisotopic (exact) mass is 352 g/mol. The summed E-state index contributed by atoms with van der Waals surface area (Å²) in [6.45, 7) is 2.82. The summed E-state index contributed by atoms with van der Waals surface area (Å²) in [4.78, 5) is 11.7. The summed E-state index contributed by atoms with van der Waals surface area (Å²) < 4.78 is 42.9. The van der Waals surface area contributed by atoms with Crippen LogP contribution in [0.4, 0.5) is 23.7 Å². The number of benzene rings is 2. The van der Waals surface area contributed by atoms with E-state index in [2.05, 4.69) is 10.6 Å². The lowest BCUT2D eigenvalue weighted by molar-refractivity contribution is -0.137. The van der Waals surface area contributed by atoms with Gasteiger partial charge in [-0.3, -0.25) is 0 Å². The van der Waals surface area contributed by atoms with Crippen molar-refractivity contribution in [2.45, 2.75) is 19.5 Å². The Hall–Kier alpha value is -2.70. The molecule has 2 N–H and O–H groups in total. The van der Waals surface area contributed by atoms with Gasteiger partial charge < -0.3 is 15.4 Å². The molecule has 2 aromatic carbocycles. The van der Waals surface area contributed by atoms with Crippen LogP contribution in [0.5, 0.6) is 5.75 Å². The van der Waals surface area contributed by atoms with Crippen LogP contribution < -0.4 is 15.4 Å². The highest BCUT2D eigenvalue weighted by molar-refractivity contribution is 5.89. The maximum absolute atomic E-state index is 12.5. The van der Waals surface area contributed by atoms with Gasteiger partial charge in [0, 0.05) is 12.2 Å². The number of aryl methyl sites for hydroxylation is 1. The van der Waals surface area contributed by atoms with Crippen LogP contribution in [0.2, 0.25) is 0 Å². The summed E-state index contributed by atoms with van der Waals surface area (Å²) in [5.74, 6) is 0.764. The molecule has 0 aromatic heterocycles. The van der Waals surface area contributed by atoms with Crippen LogP contribution >= 0.6 is 0 Å². The summed E-state index contributed by atoms with van der Waals surface area (Å²) >= 11 is 0. The van der Waals surface area contributed by atoms with E-state index in [4.69, 9.17) is 4.74 Å². The minimum atomic E-state index is -4.39. The van der Waals surface area contributed by atoms with Crippen molar-refractivity contribution in [1.82, 2.24) is 5.32 Å². The average Bonchev–Trinajstić information content (AvgIpc) is 2.56. The first-order valence-electron chi connectivity index (χ1n) is 7.76. The first-order chi connectivity index (χ1) is 11.8. The van der Waals surface area contributed by atoms with E-state index in [1.54, 1.807) is 0 Å². The van der Waals surface area contributed by atoms with Crippen LogP contribution in [-0.4, -0.2) is 19.2 Å². The second-order valence-electron chi connectivity index (χ2n) is 5.47. The van der Waals surface area contributed by atoms with E-state index < -0.39 is 17.8 Å². The van der Waals surface area contributed by atoms with Gasteiger partial charge in [0.1, 0.15) is 5.75 Å². The third-order valence-corrected chi connectivity index (χ3v) is 3.37. The lowest BCUT2D eigenvalue weighted by Gasteiger charge is -2.10. The molecule has 7 heteroatoms. The zero-order valence-corrected chi connectivity index (χ0v) is 13.7. The summed E-state index contributed by atoms with van der Waals surface area (Å²) in [5, 5.41) is 5.10. The molecule has 0 unspecified atom stereocenters. The molecular formula is C18H19F3N2O2. The van der Waals surface area contributed by atoms with Crippen LogP contribution in [0, 0.1) is 6.92 Å². The first-order valence-corrected chi connectivity index (χ1v) is 7.76. The zero-order chi connectivity index (χ0) is 18.3. The normalized spacial score (nSPS) is 11.0. The molecule has 0 heterocycles. The second kappa shape index (κ2) is 8.41. The summed E-state index contributed by atoms with van der Waals surface area (Å²) in [6.07, 6.45) is -3.79. The number of amides is 2.